The highest BCUT2D eigenvalue weighted by Crippen LogP contribution is 2.39. The monoisotopic (exact) mass is 533 g/mol. The number of rotatable bonds is 9. The topological polar surface area (TPSA) is 80.4 Å². The molecule has 2 aliphatic rings. The number of benzene rings is 1. The van der Waals surface area contributed by atoms with Crippen LogP contribution in [0.5, 0.6) is 0 Å². The number of likely N-dealkylation sites (tertiary alicyclic amines) is 1. The third-order valence-electron chi connectivity index (χ3n) is 7.38. The third-order valence-corrected chi connectivity index (χ3v) is 7.38. The average Bonchev–Trinajstić information content (AvgIpc) is 3.31. The van der Waals surface area contributed by atoms with Crippen LogP contribution < -0.4 is 10.2 Å². The van der Waals surface area contributed by atoms with Gasteiger partial charge in [-0.3, -0.25) is 9.89 Å². The van der Waals surface area contributed by atoms with Crippen molar-refractivity contribution in [2.45, 2.75) is 46.2 Å². The first-order valence-electron chi connectivity index (χ1n) is 13.9. The minimum Gasteiger partial charge on any atom is -0.367 e. The van der Waals surface area contributed by atoms with E-state index in [1.165, 1.54) is 22.5 Å². The van der Waals surface area contributed by atoms with E-state index in [0.717, 1.165) is 49.7 Å². The summed E-state index contributed by atoms with van der Waals surface area (Å²) in [6.07, 6.45) is 16.3. The molecule has 1 aromatic carbocycles. The average molecular weight is 534 g/mol. The number of hydrogen-bond donors (Lipinski definition) is 1. The maximum atomic E-state index is 9.04. The number of nitrogens with zero attached hydrogens (tertiary/aromatic N) is 6. The van der Waals surface area contributed by atoms with Gasteiger partial charge in [0, 0.05) is 61.9 Å². The summed E-state index contributed by atoms with van der Waals surface area (Å²) in [6.45, 7) is 13.3. The predicted octanol–water partition coefficient (Wildman–Crippen LogP) is 6.43. The number of aromatic nitrogens is 2. The van der Waals surface area contributed by atoms with Crippen molar-refractivity contribution in [3.63, 3.8) is 0 Å². The molecule has 7 heteroatoms. The van der Waals surface area contributed by atoms with Crippen LogP contribution in [0.4, 0.5) is 11.5 Å². The van der Waals surface area contributed by atoms with E-state index < -0.39 is 0 Å². The predicted molar refractivity (Wildman–Crippen MR) is 165 cm³/mol. The Labute approximate surface area is 238 Å². The lowest BCUT2D eigenvalue weighted by atomic mass is 10.0. The highest BCUT2D eigenvalue weighted by atomic mass is 15.2. The van der Waals surface area contributed by atoms with Crippen LogP contribution in [-0.4, -0.2) is 46.8 Å². The Morgan fingerprint density at radius 3 is 2.62 bits per heavy atom. The lowest BCUT2D eigenvalue weighted by Gasteiger charge is -2.32. The first-order valence-corrected chi connectivity index (χ1v) is 13.9. The second-order valence-electron chi connectivity index (χ2n) is 10.2. The van der Waals surface area contributed by atoms with Crippen LogP contribution in [0.3, 0.4) is 0 Å². The van der Waals surface area contributed by atoms with Gasteiger partial charge in [0.15, 0.2) is 0 Å². The Bertz CT molecular complexity index is 1380. The van der Waals surface area contributed by atoms with E-state index in [9.17, 15) is 0 Å². The second kappa shape index (κ2) is 13.7. The summed E-state index contributed by atoms with van der Waals surface area (Å²) in [4.78, 5) is 17.4. The standard InChI is InChI=1S/C33H39N7/c1-6-8-9-24(3)30-20-25(4)31(21-27(7-2)35-5)40(30)29-12-10-26(11-13-29)23-39-18-15-28(16-19-39)37-32-14-17-36-33(22-34)38-32/h6-14,17,20-21,25,28H,2,15-16,18-19,23H2,1,3-5H3,(H,36,37,38)/b8-6-,24-9+,31-21+,35-27?. The molecule has 7 nitrogen and oxygen atoms in total. The van der Waals surface area contributed by atoms with E-state index >= 15 is 0 Å². The third kappa shape index (κ3) is 7.02. The van der Waals surface area contributed by atoms with E-state index in [0.29, 0.717) is 6.04 Å². The minimum absolute atomic E-state index is 0.197. The number of nitrogens with one attached hydrogen (secondary N) is 1. The molecule has 1 fully saturated rings. The van der Waals surface area contributed by atoms with Gasteiger partial charge in [0.2, 0.25) is 5.82 Å². The number of anilines is 2. The van der Waals surface area contributed by atoms with Crippen LogP contribution in [0.25, 0.3) is 0 Å². The van der Waals surface area contributed by atoms with Crippen LogP contribution >= 0.6 is 0 Å². The molecule has 0 aliphatic carbocycles. The molecule has 2 aromatic rings. The van der Waals surface area contributed by atoms with Gasteiger partial charge in [-0.15, -0.1) is 0 Å². The molecule has 1 saturated heterocycles. The zero-order valence-corrected chi connectivity index (χ0v) is 24.0. The number of hydrogen-bond acceptors (Lipinski definition) is 7. The number of aliphatic imine (C=N–C) groups is 1. The van der Waals surface area contributed by atoms with Crippen molar-refractivity contribution in [2.75, 3.05) is 30.4 Å². The van der Waals surface area contributed by atoms with Gasteiger partial charge in [0.05, 0.1) is 5.71 Å². The smallest absolute Gasteiger partial charge is 0.234 e. The van der Waals surface area contributed by atoms with Crippen LogP contribution in [-0.2, 0) is 6.54 Å². The SMILES string of the molecule is C=CC(/C=C1\C(C)C=C(/C(C)=C/C=C\C)N1c1ccc(CN2CCC(Nc3ccnc(C#N)n3)CC2)cc1)=NC. The van der Waals surface area contributed by atoms with Crippen LogP contribution in [0.1, 0.15) is 45.0 Å². The number of piperidine rings is 1. The maximum absolute atomic E-state index is 9.04. The molecule has 1 N–H and O–H groups in total. The van der Waals surface area contributed by atoms with Gasteiger partial charge in [-0.2, -0.15) is 5.26 Å². The molecule has 1 aromatic heterocycles. The summed E-state index contributed by atoms with van der Waals surface area (Å²) in [6, 6.07) is 13.1. The number of nitriles is 1. The molecule has 4 rings (SSSR count). The van der Waals surface area contributed by atoms with E-state index in [1.54, 1.807) is 19.3 Å². The molecule has 206 valence electrons. The Morgan fingerprint density at radius 2 is 1.98 bits per heavy atom. The summed E-state index contributed by atoms with van der Waals surface area (Å²) < 4.78 is 0. The molecule has 0 radical (unpaired) electrons. The summed E-state index contributed by atoms with van der Waals surface area (Å²) in [5.41, 5.74) is 6.92. The van der Waals surface area contributed by atoms with Gasteiger partial charge < -0.3 is 10.2 Å². The molecule has 0 bridgehead atoms. The van der Waals surface area contributed by atoms with Crippen molar-refractivity contribution in [3.8, 4) is 6.07 Å². The van der Waals surface area contributed by atoms with Crippen LogP contribution in [0.15, 0.2) is 102 Å². The van der Waals surface area contributed by atoms with E-state index in [2.05, 4.69) is 105 Å². The first-order chi connectivity index (χ1) is 19.4. The number of allylic oxidation sites excluding steroid dienone is 7. The van der Waals surface area contributed by atoms with Gasteiger partial charge >= 0.3 is 0 Å². The van der Waals surface area contributed by atoms with Crippen molar-refractivity contribution in [1.29, 1.82) is 5.26 Å². The Morgan fingerprint density at radius 1 is 1.23 bits per heavy atom. The molecule has 1 atom stereocenters. The van der Waals surface area contributed by atoms with Crippen molar-refractivity contribution in [3.05, 3.63) is 108 Å². The van der Waals surface area contributed by atoms with Crippen molar-refractivity contribution < 1.29 is 0 Å². The van der Waals surface area contributed by atoms with Crippen molar-refractivity contribution >= 4 is 17.2 Å². The molecule has 0 spiro atoms. The van der Waals surface area contributed by atoms with Crippen molar-refractivity contribution in [2.24, 2.45) is 10.9 Å². The molecule has 0 saturated carbocycles. The quantitative estimate of drug-likeness (QED) is 0.296. The van der Waals surface area contributed by atoms with Crippen LogP contribution in [0.2, 0.25) is 0 Å². The highest BCUT2D eigenvalue weighted by Gasteiger charge is 2.28. The zero-order valence-electron chi connectivity index (χ0n) is 24.0. The minimum atomic E-state index is 0.197. The van der Waals surface area contributed by atoms with Gasteiger partial charge in [0.25, 0.3) is 0 Å². The van der Waals surface area contributed by atoms with E-state index in [1.807, 2.05) is 19.1 Å². The normalized spacial score (nSPS) is 20.2. The summed E-state index contributed by atoms with van der Waals surface area (Å²) in [5.74, 6) is 1.17. The molecule has 40 heavy (non-hydrogen) atoms. The van der Waals surface area contributed by atoms with Crippen LogP contribution in [0, 0.1) is 17.2 Å². The van der Waals surface area contributed by atoms with Gasteiger partial charge in [0.1, 0.15) is 11.9 Å². The fourth-order valence-electron chi connectivity index (χ4n) is 5.17. The largest absolute Gasteiger partial charge is 0.367 e. The lowest BCUT2D eigenvalue weighted by molar-refractivity contribution is 0.211. The van der Waals surface area contributed by atoms with Gasteiger partial charge in [-0.25, -0.2) is 9.97 Å². The molecule has 0 amide bonds. The summed E-state index contributed by atoms with van der Waals surface area (Å²) in [7, 11) is 1.80. The molecule has 2 aliphatic heterocycles. The van der Waals surface area contributed by atoms with Gasteiger partial charge in [-0.1, -0.05) is 49.9 Å². The Balaban J connectivity index is 1.45. The van der Waals surface area contributed by atoms with Gasteiger partial charge in [-0.05, 0) is 68.2 Å². The fraction of sp³-hybridized carbons (Fsp3) is 0.333. The Hall–Kier alpha value is -4.28. The zero-order chi connectivity index (χ0) is 28.5. The summed E-state index contributed by atoms with van der Waals surface area (Å²) >= 11 is 0. The Kier molecular flexibility index (Phi) is 9.82. The van der Waals surface area contributed by atoms with E-state index in [-0.39, 0.29) is 11.7 Å². The first kappa shape index (κ1) is 28.7. The van der Waals surface area contributed by atoms with E-state index in [4.69, 9.17) is 5.26 Å². The summed E-state index contributed by atoms with van der Waals surface area (Å²) in [5, 5.41) is 12.5. The fourth-order valence-corrected chi connectivity index (χ4v) is 5.17. The maximum Gasteiger partial charge on any atom is 0.234 e. The molecular formula is C33H39N7. The highest BCUT2D eigenvalue weighted by molar-refractivity contribution is 6.04. The molecule has 1 unspecified atom stereocenters. The second-order valence-corrected chi connectivity index (χ2v) is 10.2. The van der Waals surface area contributed by atoms with Crippen molar-refractivity contribution in [1.82, 2.24) is 14.9 Å². The molecular weight excluding hydrogens is 494 g/mol. The lowest BCUT2D eigenvalue weighted by Crippen LogP contribution is -2.38. The molecule has 3 heterocycles.